The monoisotopic (exact) mass is 419 g/mol. The van der Waals surface area contributed by atoms with Gasteiger partial charge in [0.05, 0.1) is 36.3 Å². The van der Waals surface area contributed by atoms with Gasteiger partial charge in [-0.3, -0.25) is 4.98 Å². The number of aromatic amines is 1. The second-order valence-corrected chi connectivity index (χ2v) is 7.56. The first-order chi connectivity index (χ1) is 15.2. The molecule has 3 heterocycles. The Bertz CT molecular complexity index is 1160. The van der Waals surface area contributed by atoms with Crippen LogP contribution in [0.1, 0.15) is 19.3 Å². The Morgan fingerprint density at radius 3 is 2.68 bits per heavy atom. The SMILES string of the molecule is COc1cccc(F)c1-c1cnc(N[C@H]2CC[C@H](Nc3nc4ncccc4[nH]3)C2)cn1. The van der Waals surface area contributed by atoms with E-state index in [1.165, 1.54) is 13.2 Å². The van der Waals surface area contributed by atoms with Crippen LogP contribution in [0.15, 0.2) is 48.9 Å². The molecule has 3 aromatic heterocycles. The number of pyridine rings is 1. The molecule has 1 fully saturated rings. The molecule has 2 atom stereocenters. The fourth-order valence-electron chi connectivity index (χ4n) is 4.01. The molecule has 1 aliphatic rings. The topological polar surface area (TPSA) is 101 Å². The third-order valence-electron chi connectivity index (χ3n) is 5.49. The molecule has 0 saturated heterocycles. The van der Waals surface area contributed by atoms with Crippen LogP contribution < -0.4 is 15.4 Å². The molecular formula is C22H22FN7O. The van der Waals surface area contributed by atoms with Crippen LogP contribution >= 0.6 is 0 Å². The van der Waals surface area contributed by atoms with Crippen molar-refractivity contribution >= 4 is 22.9 Å². The standard InChI is InChI=1S/C22H22FN7O/c1-31-18-6-2-4-15(23)20(18)17-11-26-19(12-25-17)27-13-7-8-14(10-13)28-22-29-16-5-3-9-24-21(16)30-22/h2-6,9,11-14H,7-8,10H2,1H3,(H,26,27)(H2,24,28,29,30)/t13-,14-/m0/s1. The molecule has 4 aromatic rings. The number of nitrogens with zero attached hydrogens (tertiary/aromatic N) is 4. The zero-order chi connectivity index (χ0) is 21.2. The highest BCUT2D eigenvalue weighted by Gasteiger charge is 2.25. The summed E-state index contributed by atoms with van der Waals surface area (Å²) < 4.78 is 19.5. The van der Waals surface area contributed by atoms with Crippen LogP contribution in [0.2, 0.25) is 0 Å². The smallest absolute Gasteiger partial charge is 0.202 e. The maximum atomic E-state index is 14.3. The van der Waals surface area contributed by atoms with E-state index in [0.717, 1.165) is 30.7 Å². The first kappa shape index (κ1) is 19.2. The predicted molar refractivity (Wildman–Crippen MR) is 117 cm³/mol. The van der Waals surface area contributed by atoms with Gasteiger partial charge in [0.25, 0.3) is 0 Å². The molecule has 9 heteroatoms. The van der Waals surface area contributed by atoms with Gasteiger partial charge in [-0.15, -0.1) is 0 Å². The van der Waals surface area contributed by atoms with Crippen LogP contribution in [0.25, 0.3) is 22.4 Å². The van der Waals surface area contributed by atoms with E-state index in [9.17, 15) is 4.39 Å². The third kappa shape index (κ3) is 3.98. The number of hydrogen-bond acceptors (Lipinski definition) is 7. The van der Waals surface area contributed by atoms with Crippen molar-refractivity contribution in [2.24, 2.45) is 0 Å². The van der Waals surface area contributed by atoms with Crippen molar-refractivity contribution in [2.75, 3.05) is 17.7 Å². The Morgan fingerprint density at radius 1 is 1.03 bits per heavy atom. The zero-order valence-corrected chi connectivity index (χ0v) is 17.0. The number of rotatable bonds is 6. The summed E-state index contributed by atoms with van der Waals surface area (Å²) in [7, 11) is 1.51. The number of H-pyrrole nitrogens is 1. The van der Waals surface area contributed by atoms with Gasteiger partial charge in [0, 0.05) is 18.3 Å². The molecule has 158 valence electrons. The molecule has 0 bridgehead atoms. The normalized spacial score (nSPS) is 18.3. The summed E-state index contributed by atoms with van der Waals surface area (Å²) in [5.41, 5.74) is 2.37. The number of nitrogens with one attached hydrogen (secondary N) is 3. The van der Waals surface area contributed by atoms with E-state index < -0.39 is 0 Å². The van der Waals surface area contributed by atoms with E-state index >= 15 is 0 Å². The Labute approximate surface area is 178 Å². The Balaban J connectivity index is 1.22. The summed E-state index contributed by atoms with van der Waals surface area (Å²) in [4.78, 5) is 20.8. The number of benzene rings is 1. The third-order valence-corrected chi connectivity index (χ3v) is 5.49. The lowest BCUT2D eigenvalue weighted by Gasteiger charge is -2.15. The van der Waals surface area contributed by atoms with Gasteiger partial charge in [0.15, 0.2) is 5.65 Å². The molecule has 0 radical (unpaired) electrons. The number of ether oxygens (including phenoxy) is 1. The van der Waals surface area contributed by atoms with E-state index in [0.29, 0.717) is 34.5 Å². The number of hydrogen-bond donors (Lipinski definition) is 3. The largest absolute Gasteiger partial charge is 0.496 e. The molecule has 0 aliphatic heterocycles. The van der Waals surface area contributed by atoms with Crippen LogP contribution in [0.5, 0.6) is 5.75 Å². The summed E-state index contributed by atoms with van der Waals surface area (Å²) in [5.74, 6) is 1.44. The molecule has 1 saturated carbocycles. The van der Waals surface area contributed by atoms with Crippen molar-refractivity contribution < 1.29 is 9.13 Å². The van der Waals surface area contributed by atoms with Crippen molar-refractivity contribution in [3.05, 3.63) is 54.7 Å². The van der Waals surface area contributed by atoms with Crippen molar-refractivity contribution in [3.63, 3.8) is 0 Å². The lowest BCUT2D eigenvalue weighted by atomic mass is 10.1. The lowest BCUT2D eigenvalue weighted by molar-refractivity contribution is 0.413. The van der Waals surface area contributed by atoms with Gasteiger partial charge in [0.1, 0.15) is 17.4 Å². The minimum atomic E-state index is -0.389. The summed E-state index contributed by atoms with van der Waals surface area (Å²) in [6.07, 6.45) is 7.87. The molecule has 0 amide bonds. The molecule has 8 nitrogen and oxygen atoms in total. The molecule has 3 N–H and O–H groups in total. The molecule has 1 aromatic carbocycles. The minimum Gasteiger partial charge on any atom is -0.496 e. The fraction of sp³-hybridized carbons (Fsp3) is 0.273. The summed E-state index contributed by atoms with van der Waals surface area (Å²) >= 11 is 0. The highest BCUT2D eigenvalue weighted by molar-refractivity contribution is 5.73. The summed E-state index contributed by atoms with van der Waals surface area (Å²) in [6.45, 7) is 0. The zero-order valence-electron chi connectivity index (χ0n) is 17.0. The number of aromatic nitrogens is 5. The van der Waals surface area contributed by atoms with Gasteiger partial charge in [-0.05, 0) is 43.5 Å². The van der Waals surface area contributed by atoms with E-state index in [-0.39, 0.29) is 11.9 Å². The molecule has 31 heavy (non-hydrogen) atoms. The van der Waals surface area contributed by atoms with Crippen LogP contribution in [0.3, 0.4) is 0 Å². The van der Waals surface area contributed by atoms with Crippen LogP contribution in [0.4, 0.5) is 16.2 Å². The van der Waals surface area contributed by atoms with E-state index in [1.54, 1.807) is 30.7 Å². The number of methoxy groups -OCH3 is 1. The highest BCUT2D eigenvalue weighted by Crippen LogP contribution is 2.31. The van der Waals surface area contributed by atoms with Crippen LogP contribution in [-0.2, 0) is 0 Å². The van der Waals surface area contributed by atoms with Crippen LogP contribution in [-0.4, -0.2) is 44.1 Å². The molecule has 0 spiro atoms. The fourth-order valence-corrected chi connectivity index (χ4v) is 4.01. The van der Waals surface area contributed by atoms with Crippen molar-refractivity contribution in [1.82, 2.24) is 24.9 Å². The number of anilines is 2. The first-order valence-corrected chi connectivity index (χ1v) is 10.2. The second kappa shape index (κ2) is 8.17. The Morgan fingerprint density at radius 2 is 1.90 bits per heavy atom. The van der Waals surface area contributed by atoms with E-state index in [2.05, 4.69) is 35.6 Å². The average molecular weight is 419 g/mol. The number of imidazole rings is 1. The second-order valence-electron chi connectivity index (χ2n) is 7.56. The lowest BCUT2D eigenvalue weighted by Crippen LogP contribution is -2.21. The molecule has 0 unspecified atom stereocenters. The quantitative estimate of drug-likeness (QED) is 0.434. The van der Waals surface area contributed by atoms with Crippen LogP contribution in [0, 0.1) is 5.82 Å². The Kier molecular flexibility index (Phi) is 5.07. The number of fused-ring (bicyclic) bond motifs is 1. The maximum absolute atomic E-state index is 14.3. The van der Waals surface area contributed by atoms with Crippen molar-refractivity contribution in [2.45, 2.75) is 31.3 Å². The Hall–Kier alpha value is -3.75. The molecule has 1 aliphatic carbocycles. The molecule has 5 rings (SSSR count). The summed E-state index contributed by atoms with van der Waals surface area (Å²) in [5, 5.41) is 6.88. The van der Waals surface area contributed by atoms with Gasteiger partial charge >= 0.3 is 0 Å². The molecular weight excluding hydrogens is 397 g/mol. The predicted octanol–water partition coefficient (Wildman–Crippen LogP) is 4.01. The van der Waals surface area contributed by atoms with Gasteiger partial charge in [-0.2, -0.15) is 4.98 Å². The van der Waals surface area contributed by atoms with E-state index in [4.69, 9.17) is 4.74 Å². The maximum Gasteiger partial charge on any atom is 0.202 e. The van der Waals surface area contributed by atoms with Gasteiger partial charge in [0.2, 0.25) is 5.95 Å². The first-order valence-electron chi connectivity index (χ1n) is 10.2. The van der Waals surface area contributed by atoms with Gasteiger partial charge < -0.3 is 20.4 Å². The van der Waals surface area contributed by atoms with Gasteiger partial charge in [-0.25, -0.2) is 14.4 Å². The minimum absolute atomic E-state index is 0.267. The highest BCUT2D eigenvalue weighted by atomic mass is 19.1. The van der Waals surface area contributed by atoms with E-state index in [1.807, 2.05) is 12.1 Å². The average Bonchev–Trinajstić information content (AvgIpc) is 3.40. The van der Waals surface area contributed by atoms with Gasteiger partial charge in [-0.1, -0.05) is 6.07 Å². The van der Waals surface area contributed by atoms with Crippen molar-refractivity contribution in [3.8, 4) is 17.0 Å². The number of halogens is 1. The summed E-state index contributed by atoms with van der Waals surface area (Å²) in [6, 6.07) is 9.10. The van der Waals surface area contributed by atoms with Crippen molar-refractivity contribution in [1.29, 1.82) is 0 Å².